The van der Waals surface area contributed by atoms with Gasteiger partial charge in [-0.1, -0.05) is 103 Å². The summed E-state index contributed by atoms with van der Waals surface area (Å²) in [7, 11) is -3.45. The molecule has 0 aliphatic heterocycles. The molecule has 3 aromatic carbocycles. The maximum atomic E-state index is 4.87. The van der Waals surface area contributed by atoms with Crippen molar-refractivity contribution in [2.24, 2.45) is 0 Å². The molecule has 0 N–H and O–H groups in total. The van der Waals surface area contributed by atoms with Gasteiger partial charge >= 0.3 is 0 Å². The van der Waals surface area contributed by atoms with E-state index in [1.165, 1.54) is 52.6 Å². The molecule has 2 nitrogen and oxygen atoms in total. The van der Waals surface area contributed by atoms with Crippen molar-refractivity contribution in [3.05, 3.63) is 77.6 Å². The van der Waals surface area contributed by atoms with E-state index in [9.17, 15) is 0 Å². The van der Waals surface area contributed by atoms with Crippen LogP contribution in [0.1, 0.15) is 16.7 Å². The van der Waals surface area contributed by atoms with Gasteiger partial charge in [-0.05, 0) is 43.2 Å². The van der Waals surface area contributed by atoms with Crippen molar-refractivity contribution in [1.29, 1.82) is 0 Å². The van der Waals surface area contributed by atoms with Crippen molar-refractivity contribution in [2.75, 3.05) is 0 Å². The molecule has 0 saturated carbocycles. The van der Waals surface area contributed by atoms with Gasteiger partial charge in [-0.3, -0.25) is 0 Å². The van der Waals surface area contributed by atoms with Gasteiger partial charge in [0.2, 0.25) is 0 Å². The largest absolute Gasteiger partial charge is 0.235 e. The number of aromatic nitrogens is 2. The zero-order chi connectivity index (χ0) is 25.1. The quantitative estimate of drug-likeness (QED) is 0.248. The maximum absolute atomic E-state index is 4.87. The third kappa shape index (κ3) is 4.20. The van der Waals surface area contributed by atoms with Gasteiger partial charge in [0, 0.05) is 10.1 Å². The molecule has 5 heteroatoms. The highest BCUT2D eigenvalue weighted by molar-refractivity contribution is 7.34. The minimum Gasteiger partial charge on any atom is -0.235 e. The molecule has 0 unspecified atom stereocenters. The SMILES string of the molecule is Cc1cc(C)cc([Si](C)(C)c2sc3c(-c4cc([Si](C)(C)C)c5ccccc5c4)ncnc3c2C)c1. The fourth-order valence-corrected chi connectivity index (χ4v) is 12.2. The van der Waals surface area contributed by atoms with Crippen LogP contribution in [0.5, 0.6) is 0 Å². The molecule has 0 aliphatic rings. The monoisotopic (exact) mass is 510 g/mol. The molecule has 2 aromatic heterocycles. The van der Waals surface area contributed by atoms with E-state index >= 15 is 0 Å². The fraction of sp³-hybridized carbons (Fsp3) is 0.267. The van der Waals surface area contributed by atoms with Gasteiger partial charge in [-0.2, -0.15) is 0 Å². The Balaban J connectivity index is 1.75. The van der Waals surface area contributed by atoms with Crippen molar-refractivity contribution in [3.63, 3.8) is 0 Å². The van der Waals surface area contributed by atoms with E-state index in [0.717, 1.165) is 11.2 Å². The number of nitrogens with zero attached hydrogens (tertiary/aromatic N) is 2. The van der Waals surface area contributed by atoms with Crippen molar-refractivity contribution < 1.29 is 0 Å². The Morgan fingerprint density at radius 3 is 2.14 bits per heavy atom. The second-order valence-electron chi connectivity index (χ2n) is 11.5. The second kappa shape index (κ2) is 8.51. The van der Waals surface area contributed by atoms with Crippen molar-refractivity contribution in [2.45, 2.75) is 53.5 Å². The molecule has 0 spiro atoms. The summed E-state index contributed by atoms with van der Waals surface area (Å²) in [6.45, 7) is 18.9. The number of thiophene rings is 1. The number of aryl methyl sites for hydroxylation is 3. The Morgan fingerprint density at radius 1 is 0.771 bits per heavy atom. The van der Waals surface area contributed by atoms with Crippen LogP contribution in [0.3, 0.4) is 0 Å². The highest BCUT2D eigenvalue weighted by Gasteiger charge is 2.32. The number of fused-ring (bicyclic) bond motifs is 2. The van der Waals surface area contributed by atoms with Crippen molar-refractivity contribution in [1.82, 2.24) is 9.97 Å². The van der Waals surface area contributed by atoms with Crippen LogP contribution in [0.15, 0.2) is 60.9 Å². The Bertz CT molecular complexity index is 1570. The molecule has 0 amide bonds. The Kier molecular flexibility index (Phi) is 5.86. The third-order valence-electron chi connectivity index (χ3n) is 7.16. The smallest absolute Gasteiger partial charge is 0.125 e. The zero-order valence-corrected chi connectivity index (χ0v) is 24.9. The topological polar surface area (TPSA) is 25.8 Å². The molecule has 0 saturated heterocycles. The lowest BCUT2D eigenvalue weighted by molar-refractivity contribution is 1.23. The van der Waals surface area contributed by atoms with Crippen LogP contribution in [0.25, 0.3) is 32.2 Å². The van der Waals surface area contributed by atoms with Gasteiger partial charge < -0.3 is 0 Å². The summed E-state index contributed by atoms with van der Waals surface area (Å²) in [5, 5.41) is 5.67. The van der Waals surface area contributed by atoms with Gasteiger partial charge in [-0.25, -0.2) is 9.97 Å². The van der Waals surface area contributed by atoms with Gasteiger partial charge in [0.25, 0.3) is 0 Å². The predicted octanol–water partition coefficient (Wildman–Crippen LogP) is 6.80. The summed E-state index contributed by atoms with van der Waals surface area (Å²) in [6.07, 6.45) is 1.76. The fourth-order valence-electron chi connectivity index (χ4n) is 5.36. The maximum Gasteiger partial charge on any atom is 0.125 e. The molecular weight excluding hydrogens is 477 g/mol. The highest BCUT2D eigenvalue weighted by atomic mass is 32.1. The van der Waals surface area contributed by atoms with E-state index in [1.54, 1.807) is 6.33 Å². The van der Waals surface area contributed by atoms with E-state index in [-0.39, 0.29) is 0 Å². The van der Waals surface area contributed by atoms with Crippen LogP contribution in [-0.4, -0.2) is 26.1 Å². The molecule has 0 radical (unpaired) electrons. The van der Waals surface area contributed by atoms with Gasteiger partial charge in [0.05, 0.1) is 24.0 Å². The summed E-state index contributed by atoms with van der Waals surface area (Å²) < 4.78 is 2.73. The average molecular weight is 511 g/mol. The molecule has 0 atom stereocenters. The lowest BCUT2D eigenvalue weighted by atomic mass is 10.0. The van der Waals surface area contributed by atoms with E-state index in [0.29, 0.717) is 0 Å². The Morgan fingerprint density at radius 2 is 1.46 bits per heavy atom. The standard InChI is InChI=1S/C30H34N2SSi2/c1-19-13-20(2)15-24(14-19)35(7,8)30-21(3)27-29(33-30)28(32-18-31-27)23-16-22-11-9-10-12-25(22)26(17-23)34(4,5)6/h9-18H,1-8H3. The molecule has 0 aliphatic carbocycles. The van der Waals surface area contributed by atoms with Crippen LogP contribution < -0.4 is 14.9 Å². The van der Waals surface area contributed by atoms with E-state index < -0.39 is 16.1 Å². The first-order valence-electron chi connectivity index (χ1n) is 12.3. The highest BCUT2D eigenvalue weighted by Crippen LogP contribution is 2.34. The first-order chi connectivity index (χ1) is 16.5. The Labute approximate surface area is 215 Å². The molecule has 5 aromatic rings. The lowest BCUT2D eigenvalue weighted by Crippen LogP contribution is -2.52. The predicted molar refractivity (Wildman–Crippen MR) is 161 cm³/mol. The van der Waals surface area contributed by atoms with Gasteiger partial charge in [0.15, 0.2) is 0 Å². The minimum atomic E-state index is -1.90. The van der Waals surface area contributed by atoms with Crippen molar-refractivity contribution >= 4 is 63.3 Å². The number of rotatable bonds is 4. The van der Waals surface area contributed by atoms with Gasteiger partial charge in [-0.15, -0.1) is 11.3 Å². The average Bonchev–Trinajstić information content (AvgIpc) is 3.14. The van der Waals surface area contributed by atoms with Crippen LogP contribution in [0.4, 0.5) is 0 Å². The van der Waals surface area contributed by atoms with E-state index in [1.807, 2.05) is 11.3 Å². The van der Waals surface area contributed by atoms with Crippen LogP contribution in [0.2, 0.25) is 32.7 Å². The molecule has 0 bridgehead atoms. The van der Waals surface area contributed by atoms with Crippen LogP contribution >= 0.6 is 11.3 Å². The van der Waals surface area contributed by atoms with E-state index in [2.05, 4.69) is 108 Å². The zero-order valence-electron chi connectivity index (χ0n) is 22.1. The number of benzene rings is 3. The molecule has 2 heterocycles. The Hall–Kier alpha value is -2.61. The molecule has 178 valence electrons. The summed E-state index contributed by atoms with van der Waals surface area (Å²) >= 11 is 1.93. The summed E-state index contributed by atoms with van der Waals surface area (Å²) in [5.41, 5.74) is 7.42. The number of hydrogen-bond acceptors (Lipinski definition) is 3. The first kappa shape index (κ1) is 24.1. The van der Waals surface area contributed by atoms with Gasteiger partial charge in [0.1, 0.15) is 14.4 Å². The summed E-state index contributed by atoms with van der Waals surface area (Å²) in [6, 6.07) is 20.6. The number of hydrogen-bond donors (Lipinski definition) is 0. The molecule has 5 rings (SSSR count). The molecule has 35 heavy (non-hydrogen) atoms. The van der Waals surface area contributed by atoms with Crippen LogP contribution in [0, 0.1) is 20.8 Å². The first-order valence-corrected chi connectivity index (χ1v) is 19.7. The normalized spacial score (nSPS) is 12.6. The minimum absolute atomic E-state index is 1.07. The second-order valence-corrected chi connectivity index (χ2v) is 22.2. The molecule has 0 fully saturated rings. The third-order valence-corrected chi connectivity index (χ3v) is 15.4. The summed E-state index contributed by atoms with van der Waals surface area (Å²) in [5.74, 6) is 0. The van der Waals surface area contributed by atoms with Crippen LogP contribution in [-0.2, 0) is 0 Å². The van der Waals surface area contributed by atoms with Crippen molar-refractivity contribution in [3.8, 4) is 11.3 Å². The lowest BCUT2D eigenvalue weighted by Gasteiger charge is -2.24. The van der Waals surface area contributed by atoms with E-state index in [4.69, 9.17) is 9.97 Å². The molecular formula is C30H34N2SSi2. The summed E-state index contributed by atoms with van der Waals surface area (Å²) in [4.78, 5) is 9.67.